The molecule has 1 aliphatic heterocycles. The van der Waals surface area contributed by atoms with Gasteiger partial charge in [0.2, 0.25) is 0 Å². The molecule has 3 atom stereocenters. The highest BCUT2D eigenvalue weighted by atomic mass is 32.2. The highest BCUT2D eigenvalue weighted by molar-refractivity contribution is 7.91. The maximum absolute atomic E-state index is 11.8. The summed E-state index contributed by atoms with van der Waals surface area (Å²) in [6, 6.07) is -2.60. The van der Waals surface area contributed by atoms with Gasteiger partial charge in [0.1, 0.15) is 0 Å². The first-order valence-corrected chi connectivity index (χ1v) is 7.61. The number of carbonyl (C=O) groups excluding carboxylic acids is 1. The van der Waals surface area contributed by atoms with Crippen molar-refractivity contribution < 1.29 is 28.2 Å². The summed E-state index contributed by atoms with van der Waals surface area (Å²) in [5.41, 5.74) is 0. The monoisotopic (exact) mass is 294 g/mol. The standard InChI is InChI=1S/C10H18N2O6S/c1-6(13)8(9(14)15)11-10(16)12(2)7-3-4-19(17,18)5-7/h6-8,13H,3-5H2,1-2H3,(H,11,16)(H,14,15). The summed E-state index contributed by atoms with van der Waals surface area (Å²) >= 11 is 0. The Labute approximate surface area is 111 Å². The lowest BCUT2D eigenvalue weighted by atomic mass is 10.2. The number of amides is 2. The fourth-order valence-electron chi connectivity index (χ4n) is 1.87. The van der Waals surface area contributed by atoms with Crippen LogP contribution in [-0.2, 0) is 14.6 Å². The lowest BCUT2D eigenvalue weighted by Crippen LogP contribution is -2.53. The van der Waals surface area contributed by atoms with Crippen LogP contribution in [-0.4, -0.2) is 72.3 Å². The minimum Gasteiger partial charge on any atom is -0.480 e. The average molecular weight is 294 g/mol. The number of aliphatic hydroxyl groups excluding tert-OH is 1. The highest BCUT2D eigenvalue weighted by Crippen LogP contribution is 2.16. The Morgan fingerprint density at radius 3 is 2.37 bits per heavy atom. The number of carboxylic acid groups (broad SMARTS) is 1. The number of aliphatic carboxylic acids is 1. The smallest absolute Gasteiger partial charge is 0.328 e. The zero-order valence-corrected chi connectivity index (χ0v) is 11.6. The van der Waals surface area contributed by atoms with Gasteiger partial charge in [0.25, 0.3) is 0 Å². The van der Waals surface area contributed by atoms with Gasteiger partial charge in [-0.1, -0.05) is 0 Å². The van der Waals surface area contributed by atoms with Gasteiger partial charge >= 0.3 is 12.0 Å². The molecular weight excluding hydrogens is 276 g/mol. The van der Waals surface area contributed by atoms with Crippen molar-refractivity contribution in [2.24, 2.45) is 0 Å². The van der Waals surface area contributed by atoms with E-state index in [1.54, 1.807) is 0 Å². The summed E-state index contributed by atoms with van der Waals surface area (Å²) in [6.45, 7) is 1.25. The molecule has 3 unspecified atom stereocenters. The molecule has 8 nitrogen and oxygen atoms in total. The predicted octanol–water partition coefficient (Wildman–Crippen LogP) is -1.35. The second-order valence-electron chi connectivity index (χ2n) is 4.67. The molecule has 1 rings (SSSR count). The molecule has 1 fully saturated rings. The van der Waals surface area contributed by atoms with Crippen LogP contribution in [0.4, 0.5) is 4.79 Å². The molecule has 0 radical (unpaired) electrons. The van der Waals surface area contributed by atoms with Crippen molar-refractivity contribution in [3.05, 3.63) is 0 Å². The zero-order valence-electron chi connectivity index (χ0n) is 10.7. The molecule has 0 aromatic heterocycles. The zero-order chi connectivity index (χ0) is 14.8. The molecule has 0 aromatic rings. The van der Waals surface area contributed by atoms with Crippen LogP contribution in [0.1, 0.15) is 13.3 Å². The summed E-state index contributed by atoms with van der Waals surface area (Å²) in [6.07, 6.45) is -0.916. The van der Waals surface area contributed by atoms with E-state index in [1.807, 2.05) is 0 Å². The summed E-state index contributed by atoms with van der Waals surface area (Å²) < 4.78 is 22.6. The Morgan fingerprint density at radius 2 is 2.00 bits per heavy atom. The summed E-state index contributed by atoms with van der Waals surface area (Å²) in [5, 5.41) is 20.2. The van der Waals surface area contributed by atoms with Crippen molar-refractivity contribution in [1.29, 1.82) is 0 Å². The van der Waals surface area contributed by atoms with E-state index in [4.69, 9.17) is 5.11 Å². The molecule has 9 heteroatoms. The average Bonchev–Trinajstić information content (AvgIpc) is 2.64. The molecular formula is C10H18N2O6S. The Morgan fingerprint density at radius 1 is 1.42 bits per heavy atom. The SMILES string of the molecule is CC(O)C(NC(=O)N(C)C1CCS(=O)(=O)C1)C(=O)O. The third-order valence-electron chi connectivity index (χ3n) is 3.10. The van der Waals surface area contributed by atoms with E-state index >= 15 is 0 Å². The maximum Gasteiger partial charge on any atom is 0.328 e. The minimum atomic E-state index is -3.12. The highest BCUT2D eigenvalue weighted by Gasteiger charge is 2.34. The molecule has 0 aliphatic carbocycles. The topological polar surface area (TPSA) is 124 Å². The van der Waals surface area contributed by atoms with Gasteiger partial charge in [-0.15, -0.1) is 0 Å². The van der Waals surface area contributed by atoms with E-state index in [1.165, 1.54) is 18.9 Å². The van der Waals surface area contributed by atoms with Crippen molar-refractivity contribution in [3.8, 4) is 0 Å². The molecule has 1 heterocycles. The van der Waals surface area contributed by atoms with E-state index in [0.29, 0.717) is 6.42 Å². The lowest BCUT2D eigenvalue weighted by molar-refractivity contribution is -0.141. The number of nitrogens with one attached hydrogen (secondary N) is 1. The van der Waals surface area contributed by atoms with Gasteiger partial charge in [0.15, 0.2) is 15.9 Å². The number of sulfone groups is 1. The van der Waals surface area contributed by atoms with E-state index in [9.17, 15) is 23.1 Å². The number of urea groups is 1. The number of nitrogens with zero attached hydrogens (tertiary/aromatic N) is 1. The molecule has 1 saturated heterocycles. The quantitative estimate of drug-likeness (QED) is 0.589. The second kappa shape index (κ2) is 5.74. The molecule has 110 valence electrons. The summed E-state index contributed by atoms with van der Waals surface area (Å²) in [5.74, 6) is -1.45. The van der Waals surface area contributed by atoms with E-state index in [2.05, 4.69) is 5.32 Å². The first-order chi connectivity index (χ1) is 8.64. The molecule has 0 spiro atoms. The number of aliphatic hydroxyl groups is 1. The lowest BCUT2D eigenvalue weighted by Gasteiger charge is -2.26. The maximum atomic E-state index is 11.8. The first kappa shape index (κ1) is 15.7. The third-order valence-corrected chi connectivity index (χ3v) is 4.85. The van der Waals surface area contributed by atoms with E-state index in [-0.39, 0.29) is 11.5 Å². The van der Waals surface area contributed by atoms with Gasteiger partial charge in [-0.2, -0.15) is 0 Å². The fraction of sp³-hybridized carbons (Fsp3) is 0.800. The van der Waals surface area contributed by atoms with Crippen LogP contribution in [0.2, 0.25) is 0 Å². The number of rotatable bonds is 4. The Hall–Kier alpha value is -1.35. The molecule has 1 aliphatic rings. The van der Waals surface area contributed by atoms with Crippen LogP contribution >= 0.6 is 0 Å². The van der Waals surface area contributed by atoms with Crippen LogP contribution in [0.3, 0.4) is 0 Å². The van der Waals surface area contributed by atoms with Crippen molar-refractivity contribution in [1.82, 2.24) is 10.2 Å². The normalized spacial score (nSPS) is 24.5. The second-order valence-corrected chi connectivity index (χ2v) is 6.90. The van der Waals surface area contributed by atoms with Gasteiger partial charge in [0, 0.05) is 13.1 Å². The number of carboxylic acids is 1. The van der Waals surface area contributed by atoms with Crippen molar-refractivity contribution in [2.75, 3.05) is 18.6 Å². The molecule has 19 heavy (non-hydrogen) atoms. The van der Waals surface area contributed by atoms with E-state index < -0.39 is 40.0 Å². The first-order valence-electron chi connectivity index (χ1n) is 5.78. The van der Waals surface area contributed by atoms with Crippen LogP contribution in [0.5, 0.6) is 0 Å². The molecule has 0 bridgehead atoms. The van der Waals surface area contributed by atoms with Gasteiger partial charge in [-0.25, -0.2) is 18.0 Å². The van der Waals surface area contributed by atoms with Crippen LogP contribution in [0.15, 0.2) is 0 Å². The Kier molecular flexibility index (Phi) is 4.75. The van der Waals surface area contributed by atoms with Crippen molar-refractivity contribution in [3.63, 3.8) is 0 Å². The Bertz CT molecular complexity index is 461. The van der Waals surface area contributed by atoms with Gasteiger partial charge < -0.3 is 20.4 Å². The van der Waals surface area contributed by atoms with Gasteiger partial charge in [-0.3, -0.25) is 0 Å². The predicted molar refractivity (Wildman–Crippen MR) is 66.5 cm³/mol. The number of hydrogen-bond acceptors (Lipinski definition) is 5. The summed E-state index contributed by atoms with van der Waals surface area (Å²) in [4.78, 5) is 23.8. The summed E-state index contributed by atoms with van der Waals surface area (Å²) in [7, 11) is -1.72. The Balaban J connectivity index is 2.65. The van der Waals surface area contributed by atoms with Gasteiger partial charge in [-0.05, 0) is 13.3 Å². The van der Waals surface area contributed by atoms with E-state index in [0.717, 1.165) is 0 Å². The van der Waals surface area contributed by atoms with Crippen molar-refractivity contribution >= 4 is 21.8 Å². The minimum absolute atomic E-state index is 0.0219. The van der Waals surface area contributed by atoms with Crippen LogP contribution < -0.4 is 5.32 Å². The molecule has 3 N–H and O–H groups in total. The number of carbonyl (C=O) groups is 2. The molecule has 0 saturated carbocycles. The fourth-order valence-corrected chi connectivity index (χ4v) is 3.64. The third kappa shape index (κ3) is 4.06. The van der Waals surface area contributed by atoms with Gasteiger partial charge in [0.05, 0.1) is 17.6 Å². The largest absolute Gasteiger partial charge is 0.480 e. The molecule has 2 amide bonds. The van der Waals surface area contributed by atoms with Crippen molar-refractivity contribution in [2.45, 2.75) is 31.5 Å². The number of hydrogen-bond donors (Lipinski definition) is 3. The molecule has 0 aromatic carbocycles. The van der Waals surface area contributed by atoms with Crippen LogP contribution in [0, 0.1) is 0 Å². The van der Waals surface area contributed by atoms with Crippen LogP contribution in [0.25, 0.3) is 0 Å².